The van der Waals surface area contributed by atoms with Gasteiger partial charge in [-0.1, -0.05) is 30.3 Å². The van der Waals surface area contributed by atoms with E-state index in [4.69, 9.17) is 5.73 Å². The van der Waals surface area contributed by atoms with E-state index in [-0.39, 0.29) is 6.04 Å². The summed E-state index contributed by atoms with van der Waals surface area (Å²) in [6.45, 7) is 0. The molecule has 0 radical (unpaired) electrons. The first-order chi connectivity index (χ1) is 7.66. The topological polar surface area (TPSA) is 66.6 Å². The van der Waals surface area contributed by atoms with Crippen molar-refractivity contribution in [1.29, 1.82) is 0 Å². The average molecular weight is 220 g/mol. The molecule has 1 fully saturated rings. The average Bonchev–Trinajstić information content (AvgIpc) is 2.23. The van der Waals surface area contributed by atoms with Crippen LogP contribution >= 0.6 is 0 Å². The molecule has 0 aliphatic heterocycles. The minimum absolute atomic E-state index is 0.0915. The van der Waals surface area contributed by atoms with Gasteiger partial charge in [0.2, 0.25) is 0 Å². The van der Waals surface area contributed by atoms with Gasteiger partial charge in [-0.3, -0.25) is 5.21 Å². The van der Waals surface area contributed by atoms with Crippen LogP contribution in [-0.2, 0) is 6.42 Å². The monoisotopic (exact) mass is 220 g/mol. The number of urea groups is 1. The summed E-state index contributed by atoms with van der Waals surface area (Å²) in [7, 11) is 0. The number of carbonyl (C=O) groups excluding carboxylic acids is 1. The van der Waals surface area contributed by atoms with E-state index in [1.165, 1.54) is 5.56 Å². The molecule has 2 rings (SSSR count). The van der Waals surface area contributed by atoms with Gasteiger partial charge in [-0.25, -0.2) is 9.86 Å². The summed E-state index contributed by atoms with van der Waals surface area (Å²) in [6.07, 6.45) is 2.66. The van der Waals surface area contributed by atoms with Gasteiger partial charge in [-0.2, -0.15) is 0 Å². The molecule has 0 unspecified atom stereocenters. The Bertz CT molecular complexity index is 361. The number of nitrogens with zero attached hydrogens (tertiary/aromatic N) is 1. The molecule has 0 aromatic heterocycles. The number of benzene rings is 1. The highest BCUT2D eigenvalue weighted by molar-refractivity contribution is 5.71. The van der Waals surface area contributed by atoms with Gasteiger partial charge in [-0.05, 0) is 30.7 Å². The quantitative estimate of drug-likeness (QED) is 0.602. The number of carbonyl (C=O) groups is 1. The largest absolute Gasteiger partial charge is 0.350 e. The van der Waals surface area contributed by atoms with Crippen LogP contribution in [0, 0.1) is 5.92 Å². The van der Waals surface area contributed by atoms with E-state index in [9.17, 15) is 10.0 Å². The first-order valence-corrected chi connectivity index (χ1v) is 5.48. The second kappa shape index (κ2) is 4.53. The fourth-order valence-electron chi connectivity index (χ4n) is 2.19. The molecule has 3 N–H and O–H groups in total. The highest BCUT2D eigenvalue weighted by Gasteiger charge is 2.34. The Kier molecular flexibility index (Phi) is 3.10. The Hall–Kier alpha value is -1.55. The lowest BCUT2D eigenvalue weighted by atomic mass is 9.76. The number of hydroxylamine groups is 2. The SMILES string of the molecule is NC(=O)N(O)C1CC(Cc2ccccc2)C1. The van der Waals surface area contributed by atoms with Gasteiger partial charge in [0.1, 0.15) is 0 Å². The molecule has 1 aliphatic rings. The molecule has 1 aliphatic carbocycles. The molecular weight excluding hydrogens is 204 g/mol. The smallest absolute Gasteiger partial charge is 0.338 e. The third kappa shape index (κ3) is 2.33. The highest BCUT2D eigenvalue weighted by atomic mass is 16.5. The third-order valence-electron chi connectivity index (χ3n) is 3.15. The fourth-order valence-corrected chi connectivity index (χ4v) is 2.19. The van der Waals surface area contributed by atoms with E-state index in [0.29, 0.717) is 11.0 Å². The molecule has 2 amide bonds. The van der Waals surface area contributed by atoms with Crippen LogP contribution in [0.4, 0.5) is 4.79 Å². The predicted octanol–water partition coefficient (Wildman–Crippen LogP) is 1.78. The van der Waals surface area contributed by atoms with Crippen molar-refractivity contribution in [2.24, 2.45) is 11.7 Å². The van der Waals surface area contributed by atoms with E-state index in [1.807, 2.05) is 18.2 Å². The summed E-state index contributed by atoms with van der Waals surface area (Å²) in [6, 6.07) is 9.38. The molecular formula is C12H16N2O2. The standard InChI is InChI=1S/C12H16N2O2/c13-12(15)14(16)11-7-10(8-11)6-9-4-2-1-3-5-9/h1-5,10-11,16H,6-8H2,(H2,13,15). The molecule has 0 spiro atoms. The Morgan fingerprint density at radius 3 is 2.56 bits per heavy atom. The van der Waals surface area contributed by atoms with E-state index in [2.05, 4.69) is 12.1 Å². The van der Waals surface area contributed by atoms with Gasteiger partial charge in [0.25, 0.3) is 0 Å². The molecule has 0 heterocycles. The van der Waals surface area contributed by atoms with Crippen LogP contribution < -0.4 is 5.73 Å². The van der Waals surface area contributed by atoms with Gasteiger partial charge in [0.15, 0.2) is 0 Å². The van der Waals surface area contributed by atoms with Gasteiger partial charge in [0, 0.05) is 0 Å². The zero-order chi connectivity index (χ0) is 11.5. The second-order valence-electron chi connectivity index (χ2n) is 4.36. The second-order valence-corrected chi connectivity index (χ2v) is 4.36. The van der Waals surface area contributed by atoms with Crippen molar-refractivity contribution in [3.63, 3.8) is 0 Å². The number of hydrogen-bond donors (Lipinski definition) is 2. The minimum atomic E-state index is -0.761. The summed E-state index contributed by atoms with van der Waals surface area (Å²) in [5.41, 5.74) is 6.28. The first kappa shape index (κ1) is 11.0. The van der Waals surface area contributed by atoms with E-state index < -0.39 is 6.03 Å². The zero-order valence-electron chi connectivity index (χ0n) is 9.04. The Balaban J connectivity index is 1.79. The molecule has 1 aromatic carbocycles. The maximum absolute atomic E-state index is 10.7. The molecule has 1 saturated carbocycles. The third-order valence-corrected chi connectivity index (χ3v) is 3.15. The lowest BCUT2D eigenvalue weighted by Crippen LogP contribution is -2.48. The van der Waals surface area contributed by atoms with Crippen molar-refractivity contribution in [3.8, 4) is 0 Å². The molecule has 1 aromatic rings. The highest BCUT2D eigenvalue weighted by Crippen LogP contribution is 2.33. The molecule has 4 heteroatoms. The minimum Gasteiger partial charge on any atom is -0.350 e. The van der Waals surface area contributed by atoms with Crippen molar-refractivity contribution in [1.82, 2.24) is 5.06 Å². The summed E-state index contributed by atoms with van der Waals surface area (Å²) < 4.78 is 0. The maximum atomic E-state index is 10.7. The van der Waals surface area contributed by atoms with Crippen molar-refractivity contribution in [2.45, 2.75) is 25.3 Å². The van der Waals surface area contributed by atoms with E-state index in [0.717, 1.165) is 19.3 Å². The summed E-state index contributed by atoms with van der Waals surface area (Å²) >= 11 is 0. The predicted molar refractivity (Wildman–Crippen MR) is 59.9 cm³/mol. The zero-order valence-corrected chi connectivity index (χ0v) is 9.04. The number of hydrogen-bond acceptors (Lipinski definition) is 2. The van der Waals surface area contributed by atoms with E-state index in [1.54, 1.807) is 0 Å². The lowest BCUT2D eigenvalue weighted by molar-refractivity contribution is -0.110. The van der Waals surface area contributed by atoms with Crippen LogP contribution in [0.5, 0.6) is 0 Å². The van der Waals surface area contributed by atoms with Crippen molar-refractivity contribution < 1.29 is 10.0 Å². The summed E-state index contributed by atoms with van der Waals surface area (Å²) in [5.74, 6) is 0.543. The normalized spacial score (nSPS) is 23.6. The Morgan fingerprint density at radius 2 is 2.00 bits per heavy atom. The van der Waals surface area contributed by atoms with Crippen molar-refractivity contribution >= 4 is 6.03 Å². The molecule has 0 bridgehead atoms. The molecule has 16 heavy (non-hydrogen) atoms. The molecule has 0 atom stereocenters. The van der Waals surface area contributed by atoms with Crippen molar-refractivity contribution in [2.75, 3.05) is 0 Å². The number of rotatable bonds is 3. The summed E-state index contributed by atoms with van der Waals surface area (Å²) in [4.78, 5) is 10.7. The number of primary amides is 1. The maximum Gasteiger partial charge on any atom is 0.338 e. The summed E-state index contributed by atoms with van der Waals surface area (Å²) in [5, 5.41) is 9.94. The Labute approximate surface area is 94.6 Å². The number of amides is 2. The lowest BCUT2D eigenvalue weighted by Gasteiger charge is -2.38. The van der Waals surface area contributed by atoms with Gasteiger partial charge in [0.05, 0.1) is 6.04 Å². The Morgan fingerprint density at radius 1 is 1.38 bits per heavy atom. The van der Waals surface area contributed by atoms with Crippen LogP contribution in [0.3, 0.4) is 0 Å². The van der Waals surface area contributed by atoms with Crippen LogP contribution in [0.15, 0.2) is 30.3 Å². The van der Waals surface area contributed by atoms with Crippen LogP contribution in [0.25, 0.3) is 0 Å². The molecule has 86 valence electrons. The van der Waals surface area contributed by atoms with Gasteiger partial charge >= 0.3 is 6.03 Å². The van der Waals surface area contributed by atoms with Gasteiger partial charge in [-0.15, -0.1) is 0 Å². The molecule has 4 nitrogen and oxygen atoms in total. The fraction of sp³-hybridized carbons (Fsp3) is 0.417. The van der Waals surface area contributed by atoms with Gasteiger partial charge < -0.3 is 5.73 Å². The van der Waals surface area contributed by atoms with Crippen molar-refractivity contribution in [3.05, 3.63) is 35.9 Å². The van der Waals surface area contributed by atoms with Crippen LogP contribution in [0.1, 0.15) is 18.4 Å². The van der Waals surface area contributed by atoms with Crippen LogP contribution in [0.2, 0.25) is 0 Å². The van der Waals surface area contributed by atoms with Crippen LogP contribution in [-0.4, -0.2) is 22.3 Å². The number of nitrogens with two attached hydrogens (primary N) is 1. The van der Waals surface area contributed by atoms with E-state index >= 15 is 0 Å². The molecule has 0 saturated heterocycles. The first-order valence-electron chi connectivity index (χ1n) is 5.48.